The number of carbonyl (C=O) groups excluding carboxylic acids is 2. The lowest BCUT2D eigenvalue weighted by Crippen LogP contribution is -2.44. The van der Waals surface area contributed by atoms with Gasteiger partial charge in [0.1, 0.15) is 0 Å². The zero-order valence-corrected chi connectivity index (χ0v) is 16.6. The topological polar surface area (TPSA) is 59.5 Å². The molecule has 27 heavy (non-hydrogen) atoms. The molecule has 0 bridgehead atoms. The number of nitrogens with zero attached hydrogens (tertiary/aromatic N) is 2. The van der Waals surface area contributed by atoms with E-state index >= 15 is 0 Å². The van der Waals surface area contributed by atoms with Crippen molar-refractivity contribution < 1.29 is 14.3 Å². The van der Waals surface area contributed by atoms with Crippen LogP contribution in [0.25, 0.3) is 10.9 Å². The van der Waals surface area contributed by atoms with Crippen molar-refractivity contribution in [3.63, 3.8) is 0 Å². The average molecular weight is 368 g/mol. The third-order valence-electron chi connectivity index (χ3n) is 5.41. The molecule has 1 amide bonds. The second-order valence-electron chi connectivity index (χ2n) is 7.62. The summed E-state index contributed by atoms with van der Waals surface area (Å²) in [5, 5.41) is 0.755. The molecule has 1 saturated carbocycles. The first-order chi connectivity index (χ1) is 12.9. The zero-order valence-electron chi connectivity index (χ0n) is 16.6. The molecular weight excluding hydrogens is 340 g/mol. The Hall–Kier alpha value is -2.43. The maximum Gasteiger partial charge on any atom is 0.339 e. The third kappa shape index (κ3) is 4.29. The summed E-state index contributed by atoms with van der Waals surface area (Å²) in [4.78, 5) is 31.8. The van der Waals surface area contributed by atoms with Gasteiger partial charge in [-0.3, -0.25) is 9.78 Å². The Kier molecular flexibility index (Phi) is 5.78. The number of amides is 1. The van der Waals surface area contributed by atoms with Crippen LogP contribution in [0.4, 0.5) is 0 Å². The fraction of sp³-hybridized carbons (Fsp3) is 0.500. The van der Waals surface area contributed by atoms with Gasteiger partial charge in [-0.05, 0) is 51.8 Å². The lowest BCUT2D eigenvalue weighted by atomic mass is 9.94. The summed E-state index contributed by atoms with van der Waals surface area (Å²) in [6.07, 6.45) is 4.78. The van der Waals surface area contributed by atoms with Gasteiger partial charge in [0.05, 0.1) is 11.1 Å². The number of hydrogen-bond donors (Lipinski definition) is 0. The predicted octanol–water partition coefficient (Wildman–Crippen LogP) is 4.19. The van der Waals surface area contributed by atoms with Crippen molar-refractivity contribution >= 4 is 22.8 Å². The van der Waals surface area contributed by atoms with E-state index in [2.05, 4.69) is 4.98 Å². The van der Waals surface area contributed by atoms with Gasteiger partial charge >= 0.3 is 5.97 Å². The number of aromatic nitrogens is 1. The highest BCUT2D eigenvalue weighted by Gasteiger charge is 2.28. The fourth-order valence-corrected chi connectivity index (χ4v) is 3.85. The fourth-order valence-electron chi connectivity index (χ4n) is 3.85. The summed E-state index contributed by atoms with van der Waals surface area (Å²) in [5.41, 5.74) is 3.01. The maximum atomic E-state index is 12.8. The maximum absolute atomic E-state index is 12.8. The molecule has 2 aromatic rings. The molecule has 0 aliphatic heterocycles. The molecule has 1 aliphatic rings. The Morgan fingerprint density at radius 2 is 1.85 bits per heavy atom. The number of fused-ring (bicyclic) bond motifs is 1. The second kappa shape index (κ2) is 8.07. The predicted molar refractivity (Wildman–Crippen MR) is 106 cm³/mol. The number of esters is 1. The first-order valence-electron chi connectivity index (χ1n) is 9.72. The van der Waals surface area contributed by atoms with Gasteiger partial charge in [0.25, 0.3) is 5.91 Å². The molecule has 0 N–H and O–H groups in total. The number of pyridine rings is 1. The van der Waals surface area contributed by atoms with Crippen LogP contribution in [0.1, 0.15) is 60.6 Å². The van der Waals surface area contributed by atoms with Crippen LogP contribution in [0.15, 0.2) is 24.3 Å². The van der Waals surface area contributed by atoms with Crippen LogP contribution < -0.4 is 0 Å². The quantitative estimate of drug-likeness (QED) is 0.759. The Morgan fingerprint density at radius 1 is 1.15 bits per heavy atom. The molecule has 0 radical (unpaired) electrons. The van der Waals surface area contributed by atoms with Crippen molar-refractivity contribution in [2.24, 2.45) is 0 Å². The summed E-state index contributed by atoms with van der Waals surface area (Å²) in [7, 11) is 1.82. The Balaban J connectivity index is 1.77. The van der Waals surface area contributed by atoms with E-state index < -0.39 is 12.1 Å². The Bertz CT molecular complexity index is 856. The van der Waals surface area contributed by atoms with Crippen molar-refractivity contribution in [3.8, 4) is 0 Å². The van der Waals surface area contributed by atoms with Gasteiger partial charge < -0.3 is 9.64 Å². The van der Waals surface area contributed by atoms with Gasteiger partial charge in [0.2, 0.25) is 0 Å². The second-order valence-corrected chi connectivity index (χ2v) is 7.62. The molecule has 1 atom stereocenters. The number of benzene rings is 1. The summed E-state index contributed by atoms with van der Waals surface area (Å²) in [6.45, 7) is 5.47. The standard InChI is InChI=1S/C22H28N2O3/c1-14-10-11-20-18(12-14)19(13-15(2)23-20)22(26)27-16(3)21(25)24(4)17-8-6-5-7-9-17/h10-13,16-17H,5-9H2,1-4H3/t16-/m0/s1. The van der Waals surface area contributed by atoms with Gasteiger partial charge in [0.15, 0.2) is 6.10 Å². The number of carbonyl (C=O) groups is 2. The van der Waals surface area contributed by atoms with E-state index in [9.17, 15) is 9.59 Å². The number of aryl methyl sites for hydroxylation is 2. The van der Waals surface area contributed by atoms with Gasteiger partial charge in [0, 0.05) is 24.2 Å². The first-order valence-corrected chi connectivity index (χ1v) is 9.72. The van der Waals surface area contributed by atoms with Crippen molar-refractivity contribution in [2.45, 2.75) is 65.0 Å². The zero-order chi connectivity index (χ0) is 19.6. The van der Waals surface area contributed by atoms with E-state index in [0.29, 0.717) is 5.56 Å². The van der Waals surface area contributed by atoms with Crippen LogP contribution in [-0.4, -0.2) is 41.0 Å². The van der Waals surface area contributed by atoms with Crippen LogP contribution in [0.2, 0.25) is 0 Å². The van der Waals surface area contributed by atoms with Gasteiger partial charge in [-0.2, -0.15) is 0 Å². The number of hydrogen-bond acceptors (Lipinski definition) is 4. The lowest BCUT2D eigenvalue weighted by molar-refractivity contribution is -0.141. The molecule has 1 fully saturated rings. The highest BCUT2D eigenvalue weighted by Crippen LogP contribution is 2.24. The molecule has 5 heteroatoms. The molecule has 1 aliphatic carbocycles. The minimum Gasteiger partial charge on any atom is -0.449 e. The smallest absolute Gasteiger partial charge is 0.339 e. The Morgan fingerprint density at radius 3 is 2.56 bits per heavy atom. The van der Waals surface area contributed by atoms with E-state index in [-0.39, 0.29) is 11.9 Å². The summed E-state index contributed by atoms with van der Waals surface area (Å²) < 4.78 is 5.56. The van der Waals surface area contributed by atoms with Crippen molar-refractivity contribution in [2.75, 3.05) is 7.05 Å². The largest absolute Gasteiger partial charge is 0.449 e. The van der Waals surface area contributed by atoms with Gasteiger partial charge in [-0.1, -0.05) is 30.9 Å². The van der Waals surface area contributed by atoms with Crippen molar-refractivity contribution in [1.29, 1.82) is 0 Å². The van der Waals surface area contributed by atoms with Crippen LogP contribution in [0.5, 0.6) is 0 Å². The molecule has 144 valence electrons. The molecule has 5 nitrogen and oxygen atoms in total. The van der Waals surface area contributed by atoms with Crippen molar-refractivity contribution in [1.82, 2.24) is 9.88 Å². The van der Waals surface area contributed by atoms with Crippen LogP contribution in [0.3, 0.4) is 0 Å². The SMILES string of the molecule is Cc1ccc2nc(C)cc(C(=O)O[C@@H](C)C(=O)N(C)C3CCCCC3)c2c1. The Labute approximate surface area is 160 Å². The van der Waals surface area contributed by atoms with E-state index in [1.54, 1.807) is 17.9 Å². The lowest BCUT2D eigenvalue weighted by Gasteiger charge is -2.32. The van der Waals surface area contributed by atoms with Crippen molar-refractivity contribution in [3.05, 3.63) is 41.1 Å². The first kappa shape index (κ1) is 19.3. The van der Waals surface area contributed by atoms with Crippen LogP contribution in [-0.2, 0) is 9.53 Å². The molecular formula is C22H28N2O3. The minimum absolute atomic E-state index is 0.137. The van der Waals surface area contributed by atoms with Gasteiger partial charge in [-0.15, -0.1) is 0 Å². The molecule has 1 aromatic heterocycles. The van der Waals surface area contributed by atoms with Crippen LogP contribution in [0, 0.1) is 13.8 Å². The molecule has 0 spiro atoms. The minimum atomic E-state index is -0.808. The summed E-state index contributed by atoms with van der Waals surface area (Å²) in [6, 6.07) is 7.78. The highest BCUT2D eigenvalue weighted by molar-refractivity contribution is 6.04. The third-order valence-corrected chi connectivity index (χ3v) is 5.41. The van der Waals surface area contributed by atoms with Gasteiger partial charge in [-0.25, -0.2) is 4.79 Å². The molecule has 1 heterocycles. The molecule has 0 unspecified atom stereocenters. The number of ether oxygens (including phenoxy) is 1. The molecule has 3 rings (SSSR count). The van der Waals surface area contributed by atoms with E-state index in [1.165, 1.54) is 6.42 Å². The summed E-state index contributed by atoms with van der Waals surface area (Å²) in [5.74, 6) is -0.615. The van der Waals surface area contributed by atoms with Crippen LogP contribution >= 0.6 is 0 Å². The van der Waals surface area contributed by atoms with E-state index in [4.69, 9.17) is 4.74 Å². The highest BCUT2D eigenvalue weighted by atomic mass is 16.5. The average Bonchev–Trinajstić information content (AvgIpc) is 2.67. The van der Waals surface area contributed by atoms with E-state index in [1.807, 2.05) is 39.1 Å². The van der Waals surface area contributed by atoms with E-state index in [0.717, 1.165) is 47.8 Å². The number of likely N-dealkylation sites (N-methyl/N-ethyl adjacent to an activating group) is 1. The molecule has 1 aromatic carbocycles. The normalized spacial score (nSPS) is 16.1. The molecule has 0 saturated heterocycles. The number of rotatable bonds is 4. The monoisotopic (exact) mass is 368 g/mol. The summed E-state index contributed by atoms with van der Waals surface area (Å²) >= 11 is 0.